The number of amides is 1. The van der Waals surface area contributed by atoms with E-state index in [-0.39, 0.29) is 18.3 Å². The summed E-state index contributed by atoms with van der Waals surface area (Å²) in [7, 11) is 0. The fourth-order valence-electron chi connectivity index (χ4n) is 4.04. The average molecular weight is 429 g/mol. The van der Waals surface area contributed by atoms with Crippen molar-refractivity contribution in [2.24, 2.45) is 0 Å². The second-order valence-corrected chi connectivity index (χ2v) is 9.48. The van der Waals surface area contributed by atoms with E-state index in [2.05, 4.69) is 4.98 Å². The van der Waals surface area contributed by atoms with Crippen molar-refractivity contribution < 1.29 is 18.7 Å². The topological polar surface area (TPSA) is 59.5 Å². The number of esters is 1. The summed E-state index contributed by atoms with van der Waals surface area (Å²) >= 11 is 3.04. The molecule has 1 aromatic heterocycles. The van der Waals surface area contributed by atoms with Crippen molar-refractivity contribution in [2.75, 3.05) is 5.75 Å². The molecule has 148 valence electrons. The van der Waals surface area contributed by atoms with Gasteiger partial charge in [-0.3, -0.25) is 4.79 Å². The minimum absolute atomic E-state index is 0.0683. The molecule has 0 N–H and O–H groups in total. The molecule has 2 aliphatic heterocycles. The van der Waals surface area contributed by atoms with Gasteiger partial charge >= 0.3 is 5.97 Å². The first-order valence-electron chi connectivity index (χ1n) is 9.30. The minimum Gasteiger partial charge on any atom is -0.457 e. The molecule has 0 bridgehead atoms. The highest BCUT2D eigenvalue weighted by Crippen LogP contribution is 2.54. The van der Waals surface area contributed by atoms with Crippen LogP contribution >= 0.6 is 23.1 Å². The highest BCUT2D eigenvalue weighted by Gasteiger charge is 2.57. The van der Waals surface area contributed by atoms with Crippen molar-refractivity contribution in [3.63, 3.8) is 0 Å². The lowest BCUT2D eigenvalue weighted by molar-refractivity contribution is -0.155. The van der Waals surface area contributed by atoms with Gasteiger partial charge in [-0.05, 0) is 36.2 Å². The maximum atomic E-state index is 13.4. The number of thioether (sulfide) groups is 1. The van der Waals surface area contributed by atoms with Crippen molar-refractivity contribution in [2.45, 2.75) is 30.4 Å². The van der Waals surface area contributed by atoms with Crippen LogP contribution in [0, 0.1) is 5.82 Å². The molecule has 0 aliphatic carbocycles. The SMILES string of the molecule is O=C(OCc1nc2ccccc2s1)[C@H]1CS[C@]2(c3ccc(F)cc3)CCC(=O)N12. The lowest BCUT2D eigenvalue weighted by Gasteiger charge is -2.33. The number of hydrogen-bond donors (Lipinski definition) is 0. The van der Waals surface area contributed by atoms with E-state index in [1.54, 1.807) is 28.8 Å². The fraction of sp³-hybridized carbons (Fsp3) is 0.286. The van der Waals surface area contributed by atoms with Crippen molar-refractivity contribution in [1.29, 1.82) is 0 Å². The van der Waals surface area contributed by atoms with E-state index in [0.717, 1.165) is 20.8 Å². The van der Waals surface area contributed by atoms with Gasteiger partial charge in [-0.25, -0.2) is 14.2 Å². The summed E-state index contributed by atoms with van der Waals surface area (Å²) in [5.74, 6) is -0.352. The van der Waals surface area contributed by atoms with Crippen molar-refractivity contribution in [1.82, 2.24) is 9.88 Å². The molecule has 0 unspecified atom stereocenters. The molecular formula is C21H17FN2O3S2. The number of fused-ring (bicyclic) bond motifs is 2. The summed E-state index contributed by atoms with van der Waals surface area (Å²) < 4.78 is 20.0. The third-order valence-corrected chi connectivity index (χ3v) is 7.98. The third kappa shape index (κ3) is 3.11. The Bertz CT molecular complexity index is 1070. The number of para-hydroxylation sites is 1. The second kappa shape index (κ2) is 7.11. The maximum absolute atomic E-state index is 13.4. The average Bonchev–Trinajstić information content (AvgIpc) is 3.40. The zero-order chi connectivity index (χ0) is 20.0. The molecule has 3 heterocycles. The van der Waals surface area contributed by atoms with Crippen molar-refractivity contribution >= 4 is 45.2 Å². The molecule has 2 atom stereocenters. The van der Waals surface area contributed by atoms with E-state index in [9.17, 15) is 14.0 Å². The first kappa shape index (κ1) is 18.6. The van der Waals surface area contributed by atoms with E-state index in [1.165, 1.54) is 23.5 Å². The lowest BCUT2D eigenvalue weighted by Crippen LogP contribution is -2.46. The predicted molar refractivity (Wildman–Crippen MR) is 110 cm³/mol. The number of thiazole rings is 1. The number of aromatic nitrogens is 1. The van der Waals surface area contributed by atoms with Gasteiger partial charge in [0.05, 0.1) is 10.2 Å². The summed E-state index contributed by atoms with van der Waals surface area (Å²) in [5, 5.41) is 0.725. The Kier molecular flexibility index (Phi) is 4.55. The highest BCUT2D eigenvalue weighted by atomic mass is 32.2. The Balaban J connectivity index is 1.35. The van der Waals surface area contributed by atoms with Gasteiger partial charge in [-0.15, -0.1) is 23.1 Å². The van der Waals surface area contributed by atoms with E-state index in [0.29, 0.717) is 18.6 Å². The van der Waals surface area contributed by atoms with Crippen LogP contribution in [-0.4, -0.2) is 33.6 Å². The minimum atomic E-state index is -0.644. The monoisotopic (exact) mass is 428 g/mol. The number of hydrogen-bond acceptors (Lipinski definition) is 6. The quantitative estimate of drug-likeness (QED) is 0.587. The Morgan fingerprint density at radius 2 is 2.03 bits per heavy atom. The summed E-state index contributed by atoms with van der Waals surface area (Å²) in [4.78, 5) is 31.0. The van der Waals surface area contributed by atoms with Crippen LogP contribution < -0.4 is 0 Å². The molecule has 2 fully saturated rings. The van der Waals surface area contributed by atoms with E-state index in [4.69, 9.17) is 4.74 Å². The summed E-state index contributed by atoms with van der Waals surface area (Å²) in [6.45, 7) is 0.0882. The van der Waals surface area contributed by atoms with Gasteiger partial charge in [-0.2, -0.15) is 0 Å². The molecule has 2 aromatic carbocycles. The Hall–Kier alpha value is -2.45. The van der Waals surface area contributed by atoms with Crippen LogP contribution in [0.5, 0.6) is 0 Å². The zero-order valence-corrected chi connectivity index (χ0v) is 17.0. The summed E-state index contributed by atoms with van der Waals surface area (Å²) in [5.41, 5.74) is 1.72. The van der Waals surface area contributed by atoms with Crippen LogP contribution in [0.4, 0.5) is 4.39 Å². The van der Waals surface area contributed by atoms with E-state index < -0.39 is 16.9 Å². The second-order valence-electron chi connectivity index (χ2n) is 7.06. The largest absolute Gasteiger partial charge is 0.457 e. The number of nitrogens with zero attached hydrogens (tertiary/aromatic N) is 2. The van der Waals surface area contributed by atoms with Crippen LogP contribution in [0.1, 0.15) is 23.4 Å². The van der Waals surface area contributed by atoms with Gasteiger partial charge in [-0.1, -0.05) is 24.3 Å². The normalized spacial score (nSPS) is 23.6. The van der Waals surface area contributed by atoms with Gasteiger partial charge in [0.15, 0.2) is 0 Å². The molecule has 2 aliphatic rings. The fourth-order valence-corrected chi connectivity index (χ4v) is 6.56. The number of benzene rings is 2. The van der Waals surface area contributed by atoms with Crippen LogP contribution in [0.15, 0.2) is 48.5 Å². The molecule has 0 radical (unpaired) electrons. The molecule has 2 saturated heterocycles. The molecule has 3 aromatic rings. The van der Waals surface area contributed by atoms with Crippen LogP contribution in [0.25, 0.3) is 10.2 Å². The van der Waals surface area contributed by atoms with E-state index >= 15 is 0 Å². The summed E-state index contributed by atoms with van der Waals surface area (Å²) in [6, 6.07) is 13.3. The first-order valence-corrected chi connectivity index (χ1v) is 11.1. The number of carbonyl (C=O) groups is 2. The van der Waals surface area contributed by atoms with Crippen LogP contribution in [-0.2, 0) is 25.8 Å². The smallest absolute Gasteiger partial charge is 0.330 e. The van der Waals surface area contributed by atoms with Gasteiger partial charge in [0.1, 0.15) is 28.3 Å². The number of rotatable bonds is 4. The van der Waals surface area contributed by atoms with Crippen molar-refractivity contribution in [3.05, 3.63) is 64.9 Å². The van der Waals surface area contributed by atoms with Gasteiger partial charge in [0.25, 0.3) is 0 Å². The summed E-state index contributed by atoms with van der Waals surface area (Å²) in [6.07, 6.45) is 0.968. The first-order chi connectivity index (χ1) is 14.1. The van der Waals surface area contributed by atoms with Gasteiger partial charge < -0.3 is 9.64 Å². The lowest BCUT2D eigenvalue weighted by atomic mass is 10.0. The van der Waals surface area contributed by atoms with E-state index in [1.807, 2.05) is 24.3 Å². The molecule has 5 nitrogen and oxygen atoms in total. The molecule has 5 rings (SSSR count). The molecular weight excluding hydrogens is 411 g/mol. The zero-order valence-electron chi connectivity index (χ0n) is 15.3. The molecule has 0 saturated carbocycles. The van der Waals surface area contributed by atoms with Crippen LogP contribution in [0.3, 0.4) is 0 Å². The highest BCUT2D eigenvalue weighted by molar-refractivity contribution is 8.00. The number of halogens is 1. The van der Waals surface area contributed by atoms with Gasteiger partial charge in [0.2, 0.25) is 5.91 Å². The third-order valence-electron chi connectivity index (χ3n) is 5.37. The number of carbonyl (C=O) groups excluding carboxylic acids is 2. The standard InChI is InChI=1S/C21H17FN2O3S2/c22-14-7-5-13(6-8-14)21-10-9-19(25)24(21)16(12-28-21)20(26)27-11-18-23-15-3-1-2-4-17(15)29-18/h1-8,16H,9-12H2/t16-,21+/m1/s1. The van der Waals surface area contributed by atoms with Gasteiger partial charge in [0, 0.05) is 12.2 Å². The Morgan fingerprint density at radius 3 is 2.83 bits per heavy atom. The molecule has 0 spiro atoms. The van der Waals surface area contributed by atoms with Crippen LogP contribution in [0.2, 0.25) is 0 Å². The molecule has 8 heteroatoms. The van der Waals surface area contributed by atoms with Crippen molar-refractivity contribution in [3.8, 4) is 0 Å². The predicted octanol–water partition coefficient (Wildman–Crippen LogP) is 4.07. The number of ether oxygens (including phenoxy) is 1. The molecule has 29 heavy (non-hydrogen) atoms. The maximum Gasteiger partial charge on any atom is 0.330 e. The molecule has 1 amide bonds. The Morgan fingerprint density at radius 1 is 1.24 bits per heavy atom. The Labute approximate surface area is 174 Å².